The normalized spacial score (nSPS) is 10.4. The first-order valence-electron chi connectivity index (χ1n) is 7.33. The quantitative estimate of drug-likeness (QED) is 0.685. The number of amides is 1. The van der Waals surface area contributed by atoms with Gasteiger partial charge >= 0.3 is 0 Å². The predicted octanol–water partition coefficient (Wildman–Crippen LogP) is 4.30. The lowest BCUT2D eigenvalue weighted by molar-refractivity contribution is 0.102. The van der Waals surface area contributed by atoms with E-state index in [2.05, 4.69) is 20.6 Å². The maximum atomic E-state index is 12.2. The number of aryl methyl sites for hydroxylation is 1. The molecule has 0 saturated carbocycles. The van der Waals surface area contributed by atoms with Crippen LogP contribution in [0.3, 0.4) is 0 Å². The molecule has 0 atom stereocenters. The zero-order chi connectivity index (χ0) is 16.9. The number of nitrogens with one attached hydrogen (secondary N) is 2. The van der Waals surface area contributed by atoms with Crippen LogP contribution in [0.25, 0.3) is 0 Å². The monoisotopic (exact) mass is 360 g/mol. The van der Waals surface area contributed by atoms with Gasteiger partial charge in [0.05, 0.1) is 12.3 Å². The number of ether oxygens (including phenoxy) is 1. The number of carbonyl (C=O) groups excluding carboxylic acids is 1. The number of thiazole rings is 2. The maximum Gasteiger partial charge on any atom is 0.276 e. The fraction of sp³-hybridized carbons (Fsp3) is 0.188. The van der Waals surface area contributed by atoms with Crippen LogP contribution < -0.4 is 15.4 Å². The molecule has 2 N–H and O–H groups in total. The summed E-state index contributed by atoms with van der Waals surface area (Å²) in [5, 5.41) is 10.7. The van der Waals surface area contributed by atoms with Crippen molar-refractivity contribution < 1.29 is 9.53 Å². The molecule has 0 bridgehead atoms. The first-order chi connectivity index (χ1) is 11.6. The Labute approximate surface area is 147 Å². The third-order valence-corrected chi connectivity index (χ3v) is 4.63. The Kier molecular flexibility index (Phi) is 5.07. The van der Waals surface area contributed by atoms with Gasteiger partial charge in [-0.05, 0) is 38.1 Å². The van der Waals surface area contributed by atoms with Crippen LogP contribution in [0.15, 0.2) is 35.0 Å². The van der Waals surface area contributed by atoms with Crippen molar-refractivity contribution in [2.75, 3.05) is 17.2 Å². The van der Waals surface area contributed by atoms with E-state index in [-0.39, 0.29) is 5.91 Å². The van der Waals surface area contributed by atoms with Gasteiger partial charge < -0.3 is 10.1 Å². The summed E-state index contributed by atoms with van der Waals surface area (Å²) in [5.74, 6) is 0.557. The molecule has 0 unspecified atom stereocenters. The molecule has 3 rings (SSSR count). The van der Waals surface area contributed by atoms with Crippen LogP contribution in [0.2, 0.25) is 0 Å². The Balaban J connectivity index is 1.63. The smallest absolute Gasteiger partial charge is 0.276 e. The number of aromatic nitrogens is 2. The van der Waals surface area contributed by atoms with Gasteiger partial charge in [0.2, 0.25) is 0 Å². The average Bonchev–Trinajstić information content (AvgIpc) is 3.19. The van der Waals surface area contributed by atoms with E-state index in [4.69, 9.17) is 4.74 Å². The number of hydrogen-bond acceptors (Lipinski definition) is 7. The molecule has 8 heteroatoms. The summed E-state index contributed by atoms with van der Waals surface area (Å²) in [6, 6.07) is 7.59. The van der Waals surface area contributed by atoms with E-state index in [1.807, 2.05) is 43.5 Å². The molecule has 0 fully saturated rings. The molecular weight excluding hydrogens is 344 g/mol. The fourth-order valence-corrected chi connectivity index (χ4v) is 3.33. The molecule has 0 aliphatic carbocycles. The van der Waals surface area contributed by atoms with Crippen molar-refractivity contribution in [2.45, 2.75) is 13.8 Å². The second-order valence-corrected chi connectivity index (χ2v) is 6.58. The van der Waals surface area contributed by atoms with Gasteiger partial charge in [0.1, 0.15) is 11.4 Å². The van der Waals surface area contributed by atoms with E-state index in [0.29, 0.717) is 22.6 Å². The molecule has 0 spiro atoms. The van der Waals surface area contributed by atoms with Crippen molar-refractivity contribution in [3.05, 3.63) is 46.4 Å². The highest BCUT2D eigenvalue weighted by atomic mass is 32.1. The summed E-state index contributed by atoms with van der Waals surface area (Å²) in [4.78, 5) is 20.7. The van der Waals surface area contributed by atoms with Gasteiger partial charge in [0.25, 0.3) is 5.91 Å². The van der Waals surface area contributed by atoms with Crippen molar-refractivity contribution in [1.82, 2.24) is 9.97 Å². The minimum Gasteiger partial charge on any atom is -0.494 e. The number of anilines is 3. The minimum atomic E-state index is -0.264. The molecule has 3 aromatic rings. The fourth-order valence-electron chi connectivity index (χ4n) is 1.93. The number of nitrogens with zero attached hydrogens (tertiary/aromatic N) is 2. The van der Waals surface area contributed by atoms with E-state index >= 15 is 0 Å². The second-order valence-electron chi connectivity index (χ2n) is 4.87. The first-order valence-corrected chi connectivity index (χ1v) is 9.09. The van der Waals surface area contributed by atoms with E-state index in [9.17, 15) is 4.79 Å². The molecule has 124 valence electrons. The van der Waals surface area contributed by atoms with Gasteiger partial charge in [-0.3, -0.25) is 10.1 Å². The summed E-state index contributed by atoms with van der Waals surface area (Å²) >= 11 is 2.76. The lowest BCUT2D eigenvalue weighted by Crippen LogP contribution is -2.12. The summed E-state index contributed by atoms with van der Waals surface area (Å²) in [7, 11) is 0. The van der Waals surface area contributed by atoms with Crippen LogP contribution >= 0.6 is 22.7 Å². The van der Waals surface area contributed by atoms with Crippen molar-refractivity contribution in [2.24, 2.45) is 0 Å². The van der Waals surface area contributed by atoms with E-state index in [1.54, 1.807) is 5.38 Å². The van der Waals surface area contributed by atoms with E-state index in [1.165, 1.54) is 22.7 Å². The number of hydrogen-bond donors (Lipinski definition) is 2. The van der Waals surface area contributed by atoms with Crippen LogP contribution in [0.5, 0.6) is 5.75 Å². The molecule has 24 heavy (non-hydrogen) atoms. The summed E-state index contributed by atoms with van der Waals surface area (Å²) < 4.78 is 5.41. The Morgan fingerprint density at radius 1 is 1.12 bits per heavy atom. The van der Waals surface area contributed by atoms with Crippen LogP contribution in [-0.4, -0.2) is 22.5 Å². The van der Waals surface area contributed by atoms with Crippen LogP contribution in [-0.2, 0) is 0 Å². The molecule has 1 aromatic carbocycles. The summed E-state index contributed by atoms with van der Waals surface area (Å²) in [6.45, 7) is 4.46. The molecular formula is C16H16N4O2S2. The highest BCUT2D eigenvalue weighted by Gasteiger charge is 2.12. The summed E-state index contributed by atoms with van der Waals surface area (Å²) in [6.07, 6.45) is 0. The Morgan fingerprint density at radius 2 is 1.88 bits per heavy atom. The highest BCUT2D eigenvalue weighted by molar-refractivity contribution is 7.14. The third kappa shape index (κ3) is 4.09. The largest absolute Gasteiger partial charge is 0.494 e. The third-order valence-electron chi connectivity index (χ3n) is 2.99. The SMILES string of the molecule is CCOc1ccc(Nc2nc(C(=O)Nc3nc(C)cs3)cs2)cc1. The summed E-state index contributed by atoms with van der Waals surface area (Å²) in [5.41, 5.74) is 2.13. The Morgan fingerprint density at radius 3 is 2.54 bits per heavy atom. The molecule has 2 aromatic heterocycles. The number of rotatable bonds is 6. The molecule has 0 radical (unpaired) electrons. The molecule has 0 aliphatic heterocycles. The molecule has 6 nitrogen and oxygen atoms in total. The van der Waals surface area contributed by atoms with Gasteiger partial charge in [-0.1, -0.05) is 0 Å². The number of benzene rings is 1. The van der Waals surface area contributed by atoms with Crippen molar-refractivity contribution in [3.63, 3.8) is 0 Å². The van der Waals surface area contributed by atoms with Crippen LogP contribution in [0.1, 0.15) is 23.1 Å². The van der Waals surface area contributed by atoms with Gasteiger partial charge in [0, 0.05) is 16.4 Å². The van der Waals surface area contributed by atoms with Crippen LogP contribution in [0.4, 0.5) is 16.0 Å². The highest BCUT2D eigenvalue weighted by Crippen LogP contribution is 2.24. The predicted molar refractivity (Wildman–Crippen MR) is 97.8 cm³/mol. The lowest BCUT2D eigenvalue weighted by atomic mass is 10.3. The first kappa shape index (κ1) is 16.4. The lowest BCUT2D eigenvalue weighted by Gasteiger charge is -2.05. The van der Waals surface area contributed by atoms with Gasteiger partial charge in [-0.25, -0.2) is 9.97 Å². The molecule has 2 heterocycles. The van der Waals surface area contributed by atoms with Gasteiger partial charge in [-0.2, -0.15) is 0 Å². The van der Waals surface area contributed by atoms with Gasteiger partial charge in [-0.15, -0.1) is 22.7 Å². The topological polar surface area (TPSA) is 76.1 Å². The zero-order valence-corrected chi connectivity index (χ0v) is 14.8. The van der Waals surface area contributed by atoms with Crippen LogP contribution in [0, 0.1) is 6.92 Å². The molecule has 0 saturated heterocycles. The minimum absolute atomic E-state index is 0.264. The van der Waals surface area contributed by atoms with E-state index in [0.717, 1.165) is 17.1 Å². The zero-order valence-electron chi connectivity index (χ0n) is 13.2. The van der Waals surface area contributed by atoms with E-state index < -0.39 is 0 Å². The van der Waals surface area contributed by atoms with Crippen molar-refractivity contribution in [1.29, 1.82) is 0 Å². The van der Waals surface area contributed by atoms with Crippen molar-refractivity contribution >= 4 is 44.5 Å². The standard InChI is InChI=1S/C16H16N4O2S2/c1-3-22-12-6-4-11(5-7-12)18-16-19-13(9-24-16)14(21)20-15-17-10(2)8-23-15/h4-9H,3H2,1-2H3,(H,18,19)(H,17,20,21). The maximum absolute atomic E-state index is 12.2. The second kappa shape index (κ2) is 7.41. The Bertz CT molecular complexity index is 827. The number of carbonyl (C=O) groups is 1. The van der Waals surface area contributed by atoms with Crippen molar-refractivity contribution in [3.8, 4) is 5.75 Å². The Hall–Kier alpha value is -2.45. The van der Waals surface area contributed by atoms with Gasteiger partial charge in [0.15, 0.2) is 10.3 Å². The molecule has 1 amide bonds. The average molecular weight is 360 g/mol. The molecule has 0 aliphatic rings.